The van der Waals surface area contributed by atoms with E-state index < -0.39 is 12.1 Å². The number of piperidine rings is 1. The van der Waals surface area contributed by atoms with Crippen LogP contribution in [0.2, 0.25) is 0 Å². The van der Waals surface area contributed by atoms with Crippen LogP contribution in [-0.2, 0) is 4.79 Å². The van der Waals surface area contributed by atoms with Crippen molar-refractivity contribution >= 4 is 23.6 Å². The molecule has 1 aliphatic carbocycles. The summed E-state index contributed by atoms with van der Waals surface area (Å²) in [6.45, 7) is 2.44. The summed E-state index contributed by atoms with van der Waals surface area (Å²) in [7, 11) is 0. The Morgan fingerprint density at radius 1 is 0.903 bits per heavy atom. The van der Waals surface area contributed by atoms with Gasteiger partial charge < -0.3 is 10.2 Å². The maximum atomic E-state index is 12.3. The number of nitrogens with one attached hydrogen (secondary N) is 1. The molecule has 0 aromatic heterocycles. The number of alkyl halides is 3. The van der Waals surface area contributed by atoms with Crippen molar-refractivity contribution in [3.05, 3.63) is 76.4 Å². The lowest BCUT2D eigenvalue weighted by atomic mass is 9.86. The van der Waals surface area contributed by atoms with Crippen molar-refractivity contribution in [2.45, 2.75) is 25.4 Å². The largest absolute Gasteiger partial charge is 0.471 e. The molecule has 1 amide bonds. The van der Waals surface area contributed by atoms with Gasteiger partial charge in [-0.1, -0.05) is 66.3 Å². The number of hydrogen-bond donors (Lipinski definition) is 1. The Balaban J connectivity index is 1.45. The predicted molar refractivity (Wildman–Crippen MR) is 117 cm³/mol. The van der Waals surface area contributed by atoms with E-state index in [0.29, 0.717) is 13.0 Å². The molecule has 0 atom stereocenters. The number of likely N-dealkylation sites (tertiary alicyclic amines) is 1. The number of carbonyl (C=O) groups excluding carboxylic acids is 1. The van der Waals surface area contributed by atoms with Crippen LogP contribution in [0.3, 0.4) is 0 Å². The highest BCUT2D eigenvalue weighted by Crippen LogP contribution is 2.38. The van der Waals surface area contributed by atoms with Crippen LogP contribution < -0.4 is 5.32 Å². The third kappa shape index (κ3) is 4.90. The van der Waals surface area contributed by atoms with Crippen LogP contribution in [0.15, 0.2) is 54.1 Å². The van der Waals surface area contributed by atoms with Crippen molar-refractivity contribution in [3.8, 4) is 0 Å². The summed E-state index contributed by atoms with van der Waals surface area (Å²) in [4.78, 5) is 13.2. The molecule has 6 heteroatoms. The first kappa shape index (κ1) is 21.4. The number of carbonyl (C=O) groups is 1. The molecule has 0 unspecified atom stereocenters. The van der Waals surface area contributed by atoms with Gasteiger partial charge in [-0.15, -0.1) is 0 Å². The average Bonchev–Trinajstić information content (AvgIpc) is 2.93. The van der Waals surface area contributed by atoms with Crippen molar-refractivity contribution in [1.29, 1.82) is 0 Å². The Hall–Kier alpha value is -2.86. The predicted octanol–water partition coefficient (Wildman–Crippen LogP) is 5.14. The summed E-state index contributed by atoms with van der Waals surface area (Å²) in [5.41, 5.74) is 7.66. The number of fused-ring (bicyclic) bond motifs is 2. The summed E-state index contributed by atoms with van der Waals surface area (Å²) >= 11 is 0. The molecule has 1 N–H and O–H groups in total. The topological polar surface area (TPSA) is 32.3 Å². The molecule has 0 spiro atoms. The second-order valence-corrected chi connectivity index (χ2v) is 7.94. The molecule has 2 aromatic rings. The maximum Gasteiger partial charge on any atom is 0.471 e. The first-order valence-corrected chi connectivity index (χ1v) is 10.6. The van der Waals surface area contributed by atoms with E-state index in [2.05, 4.69) is 65.6 Å². The Labute approximate surface area is 180 Å². The van der Waals surface area contributed by atoms with Crippen LogP contribution in [-0.4, -0.2) is 43.2 Å². The highest BCUT2D eigenvalue weighted by atomic mass is 19.4. The lowest BCUT2D eigenvalue weighted by molar-refractivity contribution is -0.173. The molecule has 2 aliphatic rings. The molecule has 0 saturated carbocycles. The van der Waals surface area contributed by atoms with Crippen LogP contribution in [0.4, 0.5) is 13.2 Å². The zero-order valence-corrected chi connectivity index (χ0v) is 17.2. The average molecular weight is 426 g/mol. The van der Waals surface area contributed by atoms with Gasteiger partial charge in [-0.2, -0.15) is 13.2 Å². The molecular weight excluding hydrogens is 401 g/mol. The summed E-state index contributed by atoms with van der Waals surface area (Å²) in [6, 6.07) is 16.9. The molecule has 31 heavy (non-hydrogen) atoms. The molecule has 0 radical (unpaired) electrons. The SMILES string of the molecule is O=C(NCCCN1CCC(=C2c3ccccc3C=Cc3ccccc32)CC1)C(F)(F)F. The van der Waals surface area contributed by atoms with Gasteiger partial charge in [-0.05, 0) is 53.6 Å². The smallest absolute Gasteiger partial charge is 0.348 e. The minimum absolute atomic E-state index is 0.0369. The maximum absolute atomic E-state index is 12.3. The lowest BCUT2D eigenvalue weighted by Crippen LogP contribution is -2.39. The quantitative estimate of drug-likeness (QED) is 0.586. The third-order valence-corrected chi connectivity index (χ3v) is 5.91. The Kier molecular flexibility index (Phi) is 6.28. The van der Waals surface area contributed by atoms with Gasteiger partial charge in [0.2, 0.25) is 0 Å². The van der Waals surface area contributed by atoms with Gasteiger partial charge in [0, 0.05) is 19.6 Å². The molecule has 2 aromatic carbocycles. The van der Waals surface area contributed by atoms with E-state index in [9.17, 15) is 18.0 Å². The molecule has 1 aliphatic heterocycles. The lowest BCUT2D eigenvalue weighted by Gasteiger charge is -2.30. The summed E-state index contributed by atoms with van der Waals surface area (Å²) in [6.07, 6.45) is 1.88. The van der Waals surface area contributed by atoms with Crippen molar-refractivity contribution in [1.82, 2.24) is 10.2 Å². The zero-order chi connectivity index (χ0) is 21.8. The Morgan fingerprint density at radius 2 is 1.45 bits per heavy atom. The van der Waals surface area contributed by atoms with E-state index >= 15 is 0 Å². The van der Waals surface area contributed by atoms with E-state index in [1.54, 1.807) is 0 Å². The van der Waals surface area contributed by atoms with Gasteiger partial charge in [-0.25, -0.2) is 0 Å². The first-order chi connectivity index (χ1) is 14.9. The van der Waals surface area contributed by atoms with Crippen LogP contribution in [0, 0.1) is 0 Å². The van der Waals surface area contributed by atoms with Gasteiger partial charge in [0.25, 0.3) is 0 Å². The van der Waals surface area contributed by atoms with Gasteiger partial charge in [0.05, 0.1) is 0 Å². The molecule has 1 saturated heterocycles. The molecule has 4 rings (SSSR count). The van der Waals surface area contributed by atoms with E-state index in [1.165, 1.54) is 33.4 Å². The van der Waals surface area contributed by atoms with Gasteiger partial charge in [0.15, 0.2) is 0 Å². The van der Waals surface area contributed by atoms with E-state index in [0.717, 1.165) is 25.9 Å². The molecule has 1 fully saturated rings. The van der Waals surface area contributed by atoms with E-state index in [1.807, 2.05) is 5.32 Å². The monoisotopic (exact) mass is 426 g/mol. The summed E-state index contributed by atoms with van der Waals surface area (Å²) in [5.74, 6) is -1.86. The van der Waals surface area contributed by atoms with Gasteiger partial charge >= 0.3 is 12.1 Å². The van der Waals surface area contributed by atoms with E-state index in [-0.39, 0.29) is 6.54 Å². The van der Waals surface area contributed by atoms with Crippen molar-refractivity contribution < 1.29 is 18.0 Å². The summed E-state index contributed by atoms with van der Waals surface area (Å²) in [5, 5.41) is 1.94. The Morgan fingerprint density at radius 3 is 2.00 bits per heavy atom. The fraction of sp³-hybridized carbons (Fsp3) is 0.320. The van der Waals surface area contributed by atoms with Crippen LogP contribution in [0.5, 0.6) is 0 Å². The van der Waals surface area contributed by atoms with Gasteiger partial charge in [0.1, 0.15) is 0 Å². The second-order valence-electron chi connectivity index (χ2n) is 7.94. The minimum Gasteiger partial charge on any atom is -0.348 e. The number of benzene rings is 2. The second kappa shape index (κ2) is 9.10. The number of rotatable bonds is 4. The minimum atomic E-state index is -4.81. The summed E-state index contributed by atoms with van der Waals surface area (Å²) < 4.78 is 36.8. The highest BCUT2D eigenvalue weighted by molar-refractivity contribution is 5.94. The standard InChI is InChI=1S/C25H25F3N2O/c26-25(27,28)24(31)29-14-5-15-30-16-12-20(13-17-30)23-21-8-3-1-6-18(21)10-11-19-7-2-4-9-22(19)23/h1-4,6-11H,5,12-17H2,(H,29,31). The number of amides is 1. The normalized spacial score (nSPS) is 16.5. The molecular formula is C25H25F3N2O. The van der Waals surface area contributed by atoms with Crippen molar-refractivity contribution in [2.75, 3.05) is 26.2 Å². The van der Waals surface area contributed by atoms with Crippen LogP contribution in [0.1, 0.15) is 41.5 Å². The number of halogens is 3. The number of hydrogen-bond acceptors (Lipinski definition) is 2. The molecule has 0 bridgehead atoms. The van der Waals surface area contributed by atoms with Crippen LogP contribution >= 0.6 is 0 Å². The highest BCUT2D eigenvalue weighted by Gasteiger charge is 2.38. The molecule has 3 nitrogen and oxygen atoms in total. The van der Waals surface area contributed by atoms with Gasteiger partial charge in [-0.3, -0.25) is 4.79 Å². The van der Waals surface area contributed by atoms with Crippen LogP contribution in [0.25, 0.3) is 17.7 Å². The first-order valence-electron chi connectivity index (χ1n) is 10.6. The third-order valence-electron chi connectivity index (χ3n) is 5.91. The molecule has 1 heterocycles. The van der Waals surface area contributed by atoms with Crippen molar-refractivity contribution in [3.63, 3.8) is 0 Å². The Bertz CT molecular complexity index is 962. The fourth-order valence-corrected chi connectivity index (χ4v) is 4.35. The fourth-order valence-electron chi connectivity index (χ4n) is 4.35. The zero-order valence-electron chi connectivity index (χ0n) is 17.2. The molecule has 162 valence electrons. The van der Waals surface area contributed by atoms with Crippen molar-refractivity contribution in [2.24, 2.45) is 0 Å². The van der Waals surface area contributed by atoms with E-state index in [4.69, 9.17) is 0 Å². The number of nitrogens with zero attached hydrogens (tertiary/aromatic N) is 1.